The molecule has 114 valence electrons. The van der Waals surface area contributed by atoms with Gasteiger partial charge in [0, 0.05) is 5.75 Å². The van der Waals surface area contributed by atoms with E-state index >= 15 is 0 Å². The van der Waals surface area contributed by atoms with Gasteiger partial charge < -0.3 is 15.5 Å². The zero-order valence-electron chi connectivity index (χ0n) is 11.5. The summed E-state index contributed by atoms with van der Waals surface area (Å²) >= 11 is 1.34. The van der Waals surface area contributed by atoms with E-state index in [4.69, 9.17) is 10.2 Å². The van der Waals surface area contributed by atoms with Gasteiger partial charge in [0.05, 0.1) is 12.2 Å². The topological polar surface area (TPSA) is 104 Å². The Labute approximate surface area is 126 Å². The number of amides is 1. The van der Waals surface area contributed by atoms with E-state index in [0.29, 0.717) is 5.75 Å². The summed E-state index contributed by atoms with van der Waals surface area (Å²) in [6.45, 7) is 1.98. The van der Waals surface area contributed by atoms with Crippen LogP contribution >= 0.6 is 11.8 Å². The Hall–Kier alpha value is -2.02. The number of carboxylic acids is 2. The van der Waals surface area contributed by atoms with Crippen LogP contribution in [-0.2, 0) is 20.1 Å². The number of aryl methyl sites for hydroxylation is 1. The molecule has 1 rings (SSSR count). The third-order valence-electron chi connectivity index (χ3n) is 2.63. The minimum absolute atomic E-state index is 0.0806. The van der Waals surface area contributed by atoms with Crippen LogP contribution in [0.25, 0.3) is 0 Å². The van der Waals surface area contributed by atoms with Gasteiger partial charge in [-0.15, -0.1) is 11.8 Å². The zero-order chi connectivity index (χ0) is 15.8. The third-order valence-corrected chi connectivity index (χ3v) is 3.64. The van der Waals surface area contributed by atoms with Gasteiger partial charge in [-0.1, -0.05) is 29.8 Å². The van der Waals surface area contributed by atoms with Crippen molar-refractivity contribution in [3.05, 3.63) is 35.4 Å². The molecule has 0 radical (unpaired) electrons. The van der Waals surface area contributed by atoms with Crippen molar-refractivity contribution in [3.8, 4) is 0 Å². The highest BCUT2D eigenvalue weighted by Crippen LogP contribution is 2.12. The molecule has 0 aliphatic heterocycles. The summed E-state index contributed by atoms with van der Waals surface area (Å²) in [7, 11) is 0. The molecule has 0 spiro atoms. The molecule has 0 aliphatic rings. The molecule has 1 aromatic rings. The van der Waals surface area contributed by atoms with Crippen LogP contribution in [0.5, 0.6) is 0 Å². The first-order valence-electron chi connectivity index (χ1n) is 6.25. The van der Waals surface area contributed by atoms with Crippen LogP contribution in [0, 0.1) is 6.92 Å². The second-order valence-electron chi connectivity index (χ2n) is 4.53. The summed E-state index contributed by atoms with van der Waals surface area (Å²) in [4.78, 5) is 32.9. The van der Waals surface area contributed by atoms with Crippen molar-refractivity contribution in [3.63, 3.8) is 0 Å². The molecule has 7 heteroatoms. The molecular weight excluding hydrogens is 294 g/mol. The number of aliphatic carboxylic acids is 2. The fraction of sp³-hybridized carbons (Fsp3) is 0.357. The minimum Gasteiger partial charge on any atom is -0.481 e. The summed E-state index contributed by atoms with van der Waals surface area (Å²) in [5, 5.41) is 19.6. The molecular formula is C14H17NO5S. The van der Waals surface area contributed by atoms with Gasteiger partial charge in [-0.25, -0.2) is 4.79 Å². The van der Waals surface area contributed by atoms with Crippen molar-refractivity contribution in [1.29, 1.82) is 0 Å². The van der Waals surface area contributed by atoms with Crippen molar-refractivity contribution in [1.82, 2.24) is 5.32 Å². The number of nitrogens with one attached hydrogen (secondary N) is 1. The lowest BCUT2D eigenvalue weighted by atomic mass is 10.2. The van der Waals surface area contributed by atoms with Gasteiger partial charge in [0.25, 0.3) is 0 Å². The zero-order valence-corrected chi connectivity index (χ0v) is 12.4. The smallest absolute Gasteiger partial charge is 0.326 e. The number of thioether (sulfide) groups is 1. The van der Waals surface area contributed by atoms with E-state index in [2.05, 4.69) is 5.32 Å². The van der Waals surface area contributed by atoms with Crippen molar-refractivity contribution < 1.29 is 24.6 Å². The van der Waals surface area contributed by atoms with E-state index < -0.39 is 30.3 Å². The molecule has 0 saturated heterocycles. The molecule has 1 aromatic carbocycles. The Balaban J connectivity index is 2.37. The van der Waals surface area contributed by atoms with Crippen molar-refractivity contribution >= 4 is 29.6 Å². The standard InChI is InChI=1S/C14H17NO5S/c1-9-2-4-10(5-3-9)7-21-8-12(16)15-11(14(19)20)6-13(17)18/h2-5,11H,6-8H2,1H3,(H,15,16)(H,17,18)(H,19,20)/t11-/m0/s1. The van der Waals surface area contributed by atoms with Crippen LogP contribution in [0.3, 0.4) is 0 Å². The van der Waals surface area contributed by atoms with Gasteiger partial charge in [-0.2, -0.15) is 0 Å². The van der Waals surface area contributed by atoms with Crippen LogP contribution < -0.4 is 5.32 Å². The molecule has 0 aliphatic carbocycles. The lowest BCUT2D eigenvalue weighted by molar-refractivity contribution is -0.147. The molecule has 21 heavy (non-hydrogen) atoms. The van der Waals surface area contributed by atoms with Crippen molar-refractivity contribution in [2.24, 2.45) is 0 Å². The second kappa shape index (κ2) is 8.31. The van der Waals surface area contributed by atoms with E-state index in [0.717, 1.165) is 11.1 Å². The highest BCUT2D eigenvalue weighted by Gasteiger charge is 2.22. The quantitative estimate of drug-likeness (QED) is 0.668. The Kier molecular flexibility index (Phi) is 6.74. The Morgan fingerprint density at radius 1 is 1.19 bits per heavy atom. The summed E-state index contributed by atoms with van der Waals surface area (Å²) in [5.74, 6) is -2.40. The predicted octanol–water partition coefficient (Wildman–Crippen LogP) is 1.27. The molecule has 0 heterocycles. The number of hydrogen-bond acceptors (Lipinski definition) is 4. The summed E-state index contributed by atoms with van der Waals surface area (Å²) in [6, 6.07) is 6.48. The minimum atomic E-state index is -1.39. The number of carboxylic acid groups (broad SMARTS) is 2. The van der Waals surface area contributed by atoms with Crippen LogP contribution in [0.4, 0.5) is 0 Å². The number of carbonyl (C=O) groups is 3. The van der Waals surface area contributed by atoms with E-state index in [-0.39, 0.29) is 5.75 Å². The lowest BCUT2D eigenvalue weighted by Gasteiger charge is -2.12. The first kappa shape index (κ1) is 17.0. The monoisotopic (exact) mass is 311 g/mol. The molecule has 1 amide bonds. The largest absolute Gasteiger partial charge is 0.481 e. The Morgan fingerprint density at radius 2 is 1.81 bits per heavy atom. The fourth-order valence-electron chi connectivity index (χ4n) is 1.56. The molecule has 1 atom stereocenters. The summed E-state index contributed by atoms with van der Waals surface area (Å²) in [6.07, 6.45) is -0.635. The molecule has 0 aromatic heterocycles. The highest BCUT2D eigenvalue weighted by atomic mass is 32.2. The van der Waals surface area contributed by atoms with E-state index in [1.54, 1.807) is 0 Å². The fourth-order valence-corrected chi connectivity index (χ4v) is 2.36. The van der Waals surface area contributed by atoms with Crippen LogP contribution in [0.1, 0.15) is 17.5 Å². The molecule has 0 saturated carbocycles. The van der Waals surface area contributed by atoms with E-state index in [1.165, 1.54) is 11.8 Å². The number of benzene rings is 1. The van der Waals surface area contributed by atoms with Gasteiger partial charge in [-0.3, -0.25) is 9.59 Å². The lowest BCUT2D eigenvalue weighted by Crippen LogP contribution is -2.43. The van der Waals surface area contributed by atoms with Gasteiger partial charge in [-0.05, 0) is 12.5 Å². The van der Waals surface area contributed by atoms with Gasteiger partial charge in [0.2, 0.25) is 5.91 Å². The Morgan fingerprint density at radius 3 is 2.33 bits per heavy atom. The second-order valence-corrected chi connectivity index (χ2v) is 5.52. The first-order chi connectivity index (χ1) is 9.88. The molecule has 3 N–H and O–H groups in total. The molecule has 0 fully saturated rings. The maximum atomic E-state index is 11.6. The number of rotatable bonds is 8. The van der Waals surface area contributed by atoms with E-state index in [9.17, 15) is 14.4 Å². The SMILES string of the molecule is Cc1ccc(CSCC(=O)N[C@@H](CC(=O)O)C(=O)O)cc1. The van der Waals surface area contributed by atoms with Gasteiger partial charge in [0.15, 0.2) is 0 Å². The first-order valence-corrected chi connectivity index (χ1v) is 7.41. The normalized spacial score (nSPS) is 11.7. The summed E-state index contributed by atoms with van der Waals surface area (Å²) in [5.41, 5.74) is 2.22. The maximum absolute atomic E-state index is 11.6. The van der Waals surface area contributed by atoms with Crippen molar-refractivity contribution in [2.45, 2.75) is 25.1 Å². The van der Waals surface area contributed by atoms with Crippen LogP contribution in [0.15, 0.2) is 24.3 Å². The van der Waals surface area contributed by atoms with Crippen LogP contribution in [0.2, 0.25) is 0 Å². The van der Waals surface area contributed by atoms with Gasteiger partial charge in [0.1, 0.15) is 6.04 Å². The molecule has 0 unspecified atom stereocenters. The Bertz CT molecular complexity index is 515. The average Bonchev–Trinajstić information content (AvgIpc) is 2.39. The van der Waals surface area contributed by atoms with Crippen molar-refractivity contribution in [2.75, 3.05) is 5.75 Å². The summed E-state index contributed by atoms with van der Waals surface area (Å²) < 4.78 is 0. The van der Waals surface area contributed by atoms with Gasteiger partial charge >= 0.3 is 11.9 Å². The molecule has 6 nitrogen and oxygen atoms in total. The number of carbonyl (C=O) groups excluding carboxylic acids is 1. The maximum Gasteiger partial charge on any atom is 0.326 e. The highest BCUT2D eigenvalue weighted by molar-refractivity contribution is 7.99. The van der Waals surface area contributed by atoms with Crippen LogP contribution in [-0.4, -0.2) is 39.9 Å². The molecule has 0 bridgehead atoms. The predicted molar refractivity (Wildman–Crippen MR) is 79.2 cm³/mol. The average molecular weight is 311 g/mol. The number of hydrogen-bond donors (Lipinski definition) is 3. The third kappa shape index (κ3) is 6.80. The van der Waals surface area contributed by atoms with E-state index in [1.807, 2.05) is 31.2 Å².